The third-order valence-electron chi connectivity index (χ3n) is 1.40. The van der Waals surface area contributed by atoms with Crippen LogP contribution in [0.1, 0.15) is 0 Å². The van der Waals surface area contributed by atoms with Crippen molar-refractivity contribution >= 4 is 23.4 Å². The molecule has 1 aromatic carbocycles. The van der Waals surface area contributed by atoms with Gasteiger partial charge in [0.2, 0.25) is 0 Å². The molecule has 0 saturated carbocycles. The zero-order valence-corrected chi connectivity index (χ0v) is 8.25. The number of halogens is 1. The van der Waals surface area contributed by atoms with Gasteiger partial charge in [0.05, 0.1) is 0 Å². The summed E-state index contributed by atoms with van der Waals surface area (Å²) in [7, 11) is 0. The molecule has 0 unspecified atom stereocenters. The zero-order valence-electron chi connectivity index (χ0n) is 7.50. The number of nitrogens with one attached hydrogen (secondary N) is 1. The van der Waals surface area contributed by atoms with Gasteiger partial charge in [0.15, 0.2) is 0 Å². The topological polar surface area (TPSA) is 38.3 Å². The Morgan fingerprint density at radius 2 is 2.43 bits per heavy atom. The summed E-state index contributed by atoms with van der Waals surface area (Å²) in [5.41, 5.74) is 0.603. The van der Waals surface area contributed by atoms with E-state index >= 15 is 0 Å². The summed E-state index contributed by atoms with van der Waals surface area (Å²) < 4.78 is 4.72. The van der Waals surface area contributed by atoms with Crippen LogP contribution in [0.2, 0.25) is 5.02 Å². The van der Waals surface area contributed by atoms with E-state index in [4.69, 9.17) is 16.3 Å². The van der Waals surface area contributed by atoms with E-state index in [0.717, 1.165) is 0 Å². The maximum Gasteiger partial charge on any atom is 0.411 e. The zero-order chi connectivity index (χ0) is 10.4. The van der Waals surface area contributed by atoms with E-state index in [2.05, 4.69) is 11.9 Å². The average Bonchev–Trinajstić information content (AvgIpc) is 2.15. The fraction of sp³-hybridized carbons (Fsp3) is 0.100. The Morgan fingerprint density at radius 3 is 3.07 bits per heavy atom. The second kappa shape index (κ2) is 5.29. The van der Waals surface area contributed by atoms with Crippen LogP contribution in [0, 0.1) is 0 Å². The summed E-state index contributed by atoms with van der Waals surface area (Å²) >= 11 is 5.72. The lowest BCUT2D eigenvalue weighted by molar-refractivity contribution is 0.174. The Hall–Kier alpha value is -1.48. The molecule has 1 rings (SSSR count). The Kier molecular flexibility index (Phi) is 4.01. The van der Waals surface area contributed by atoms with Gasteiger partial charge in [-0.3, -0.25) is 5.32 Å². The highest BCUT2D eigenvalue weighted by atomic mass is 35.5. The summed E-state index contributed by atoms with van der Waals surface area (Å²) in [6, 6.07) is 6.82. The van der Waals surface area contributed by atoms with Crippen LogP contribution in [0.4, 0.5) is 10.5 Å². The number of carbonyl (C=O) groups excluding carboxylic acids is 1. The van der Waals surface area contributed by atoms with Crippen molar-refractivity contribution < 1.29 is 9.53 Å². The normalized spacial score (nSPS) is 9.21. The molecule has 4 heteroatoms. The van der Waals surface area contributed by atoms with Crippen molar-refractivity contribution in [3.63, 3.8) is 0 Å². The smallest absolute Gasteiger partial charge is 0.411 e. The number of benzene rings is 1. The number of amides is 1. The molecule has 0 aromatic heterocycles. The van der Waals surface area contributed by atoms with Crippen molar-refractivity contribution in [2.75, 3.05) is 11.9 Å². The molecule has 0 fully saturated rings. The first kappa shape index (κ1) is 10.6. The molecule has 0 radical (unpaired) electrons. The van der Waals surface area contributed by atoms with Crippen LogP contribution in [0.25, 0.3) is 0 Å². The number of carbonyl (C=O) groups is 1. The fourth-order valence-corrected chi connectivity index (χ4v) is 1.05. The number of hydrogen-bond donors (Lipinski definition) is 1. The standard InChI is InChI=1S/C10H10ClNO2/c1-2-6-14-10(13)12-9-5-3-4-8(11)7-9/h2-5,7H,1,6H2,(H,12,13). The average molecular weight is 212 g/mol. The van der Waals surface area contributed by atoms with Crippen molar-refractivity contribution in [2.45, 2.75) is 0 Å². The number of rotatable bonds is 3. The van der Waals surface area contributed by atoms with Gasteiger partial charge in [-0.05, 0) is 18.2 Å². The molecule has 1 amide bonds. The molecular formula is C10H10ClNO2. The minimum absolute atomic E-state index is 0.187. The van der Waals surface area contributed by atoms with Gasteiger partial charge >= 0.3 is 6.09 Å². The molecular weight excluding hydrogens is 202 g/mol. The summed E-state index contributed by atoms with van der Waals surface area (Å²) in [6.07, 6.45) is 0.976. The highest BCUT2D eigenvalue weighted by Gasteiger charge is 2.01. The van der Waals surface area contributed by atoms with E-state index in [1.54, 1.807) is 24.3 Å². The van der Waals surface area contributed by atoms with Crippen LogP contribution in [-0.2, 0) is 4.74 Å². The molecule has 0 heterocycles. The molecule has 74 valence electrons. The van der Waals surface area contributed by atoms with E-state index in [1.165, 1.54) is 6.08 Å². The summed E-state index contributed by atoms with van der Waals surface area (Å²) in [5.74, 6) is 0. The number of hydrogen-bond acceptors (Lipinski definition) is 2. The first-order valence-corrected chi connectivity index (χ1v) is 4.40. The largest absolute Gasteiger partial charge is 0.445 e. The van der Waals surface area contributed by atoms with E-state index in [9.17, 15) is 4.79 Å². The van der Waals surface area contributed by atoms with E-state index in [-0.39, 0.29) is 6.61 Å². The first-order chi connectivity index (χ1) is 6.72. The van der Waals surface area contributed by atoms with Crippen molar-refractivity contribution in [1.29, 1.82) is 0 Å². The van der Waals surface area contributed by atoms with Crippen LogP contribution in [0.5, 0.6) is 0 Å². The van der Waals surface area contributed by atoms with Gasteiger partial charge in [-0.1, -0.05) is 30.3 Å². The van der Waals surface area contributed by atoms with Crippen molar-refractivity contribution in [1.82, 2.24) is 0 Å². The summed E-state index contributed by atoms with van der Waals surface area (Å²) in [6.45, 7) is 3.61. The first-order valence-electron chi connectivity index (χ1n) is 4.02. The Morgan fingerprint density at radius 1 is 1.64 bits per heavy atom. The highest BCUT2D eigenvalue weighted by molar-refractivity contribution is 6.30. The van der Waals surface area contributed by atoms with Crippen molar-refractivity contribution in [2.24, 2.45) is 0 Å². The summed E-state index contributed by atoms with van der Waals surface area (Å²) in [5, 5.41) is 3.09. The molecule has 3 nitrogen and oxygen atoms in total. The predicted molar refractivity (Wildman–Crippen MR) is 56.6 cm³/mol. The molecule has 0 aliphatic carbocycles. The van der Waals surface area contributed by atoms with Crippen LogP contribution in [0.3, 0.4) is 0 Å². The minimum atomic E-state index is -0.521. The number of anilines is 1. The SMILES string of the molecule is C=CCOC(=O)Nc1cccc(Cl)c1. The second-order valence-corrected chi connectivity index (χ2v) is 2.96. The van der Waals surface area contributed by atoms with E-state index in [1.807, 2.05) is 0 Å². The van der Waals surface area contributed by atoms with Gasteiger partial charge in [0.1, 0.15) is 6.61 Å². The van der Waals surface area contributed by atoms with Gasteiger partial charge in [0, 0.05) is 10.7 Å². The maximum absolute atomic E-state index is 11.1. The number of ether oxygens (including phenoxy) is 1. The maximum atomic E-state index is 11.1. The molecule has 0 aliphatic rings. The molecule has 0 spiro atoms. The van der Waals surface area contributed by atoms with Gasteiger partial charge in [-0.2, -0.15) is 0 Å². The van der Waals surface area contributed by atoms with Crippen LogP contribution in [0.15, 0.2) is 36.9 Å². The van der Waals surface area contributed by atoms with Crippen LogP contribution in [-0.4, -0.2) is 12.7 Å². The predicted octanol–water partition coefficient (Wildman–Crippen LogP) is 3.07. The van der Waals surface area contributed by atoms with Crippen LogP contribution < -0.4 is 5.32 Å². The molecule has 1 aromatic rings. The monoisotopic (exact) mass is 211 g/mol. The van der Waals surface area contributed by atoms with Gasteiger partial charge < -0.3 is 4.74 Å². The van der Waals surface area contributed by atoms with Crippen molar-refractivity contribution in [3.05, 3.63) is 41.9 Å². The fourth-order valence-electron chi connectivity index (χ4n) is 0.855. The lowest BCUT2D eigenvalue weighted by Crippen LogP contribution is -2.13. The van der Waals surface area contributed by atoms with Crippen LogP contribution >= 0.6 is 11.6 Å². The molecule has 1 N–H and O–H groups in total. The van der Waals surface area contributed by atoms with E-state index in [0.29, 0.717) is 10.7 Å². The summed E-state index contributed by atoms with van der Waals surface area (Å²) in [4.78, 5) is 11.1. The van der Waals surface area contributed by atoms with Gasteiger partial charge in [-0.25, -0.2) is 4.79 Å². The molecule has 0 bridgehead atoms. The van der Waals surface area contributed by atoms with E-state index < -0.39 is 6.09 Å². The Labute approximate surface area is 87.3 Å². The molecule has 0 saturated heterocycles. The Balaban J connectivity index is 2.51. The third-order valence-corrected chi connectivity index (χ3v) is 1.64. The van der Waals surface area contributed by atoms with Gasteiger partial charge in [-0.15, -0.1) is 0 Å². The molecule has 14 heavy (non-hydrogen) atoms. The lowest BCUT2D eigenvalue weighted by atomic mass is 10.3. The molecule has 0 atom stereocenters. The second-order valence-electron chi connectivity index (χ2n) is 2.52. The minimum Gasteiger partial charge on any atom is -0.445 e. The Bertz CT molecular complexity index is 339. The molecule has 0 aliphatic heterocycles. The third kappa shape index (κ3) is 3.49. The highest BCUT2D eigenvalue weighted by Crippen LogP contribution is 2.14. The quantitative estimate of drug-likeness (QED) is 0.781. The van der Waals surface area contributed by atoms with Crippen molar-refractivity contribution in [3.8, 4) is 0 Å². The van der Waals surface area contributed by atoms with Gasteiger partial charge in [0.25, 0.3) is 0 Å². The lowest BCUT2D eigenvalue weighted by Gasteiger charge is -2.04.